The average molecular weight is 419 g/mol. The van der Waals surface area contributed by atoms with Gasteiger partial charge in [0, 0.05) is 24.4 Å². The van der Waals surface area contributed by atoms with Gasteiger partial charge in [-0.1, -0.05) is 36.4 Å². The van der Waals surface area contributed by atoms with Crippen LogP contribution < -0.4 is 10.6 Å². The molecule has 5 nitrogen and oxygen atoms in total. The number of aromatic nitrogens is 1. The lowest BCUT2D eigenvalue weighted by molar-refractivity contribution is -0.137. The van der Waals surface area contributed by atoms with Crippen LogP contribution in [-0.4, -0.2) is 16.8 Å². The number of nitrogens with zero attached hydrogens (tertiary/aromatic N) is 1. The summed E-state index contributed by atoms with van der Waals surface area (Å²) in [6.07, 6.45) is -4.62. The van der Waals surface area contributed by atoms with Gasteiger partial charge in [-0.05, 0) is 17.7 Å². The van der Waals surface area contributed by atoms with Gasteiger partial charge in [0.15, 0.2) is 5.13 Å². The van der Waals surface area contributed by atoms with Gasteiger partial charge in [-0.15, -0.1) is 11.3 Å². The van der Waals surface area contributed by atoms with Crippen LogP contribution in [0.1, 0.15) is 28.4 Å². The lowest BCUT2D eigenvalue weighted by Gasteiger charge is -2.11. The van der Waals surface area contributed by atoms with E-state index in [0.29, 0.717) is 12.2 Å². The van der Waals surface area contributed by atoms with E-state index in [-0.39, 0.29) is 11.0 Å². The molecule has 0 aliphatic rings. The first-order chi connectivity index (χ1) is 13.7. The maximum absolute atomic E-state index is 13.1. The molecule has 0 spiro atoms. The summed E-state index contributed by atoms with van der Waals surface area (Å²) >= 11 is 1.12. The number of hydrogen-bond acceptors (Lipinski definition) is 4. The molecule has 0 radical (unpaired) electrons. The molecule has 150 valence electrons. The molecule has 2 amide bonds. The van der Waals surface area contributed by atoms with Gasteiger partial charge in [-0.2, -0.15) is 13.2 Å². The lowest BCUT2D eigenvalue weighted by Crippen LogP contribution is -2.18. The van der Waals surface area contributed by atoms with Crippen molar-refractivity contribution < 1.29 is 22.8 Å². The quantitative estimate of drug-likeness (QED) is 0.629. The minimum Gasteiger partial charge on any atom is -0.352 e. The van der Waals surface area contributed by atoms with Crippen LogP contribution in [0.5, 0.6) is 0 Å². The second kappa shape index (κ2) is 8.44. The van der Waals surface area contributed by atoms with Crippen LogP contribution in [0.3, 0.4) is 0 Å². The van der Waals surface area contributed by atoms with Gasteiger partial charge in [-0.3, -0.25) is 14.9 Å². The third-order valence-corrected chi connectivity index (χ3v) is 4.75. The van der Waals surface area contributed by atoms with Crippen molar-refractivity contribution in [3.8, 4) is 11.3 Å². The highest BCUT2D eigenvalue weighted by Gasteiger charge is 2.34. The van der Waals surface area contributed by atoms with Crippen molar-refractivity contribution in [1.82, 2.24) is 10.3 Å². The number of benzene rings is 2. The predicted molar refractivity (Wildman–Crippen MR) is 104 cm³/mol. The minimum atomic E-state index is -4.62. The van der Waals surface area contributed by atoms with Crippen molar-refractivity contribution >= 4 is 28.3 Å². The Hall–Kier alpha value is -3.20. The molecule has 3 rings (SSSR count). The van der Waals surface area contributed by atoms with Gasteiger partial charge in [0.2, 0.25) is 5.91 Å². The Labute approximate surface area is 168 Å². The van der Waals surface area contributed by atoms with Crippen molar-refractivity contribution in [2.75, 3.05) is 5.32 Å². The van der Waals surface area contributed by atoms with Crippen LogP contribution in [0.4, 0.5) is 18.3 Å². The summed E-state index contributed by atoms with van der Waals surface area (Å²) in [5, 5.41) is 7.02. The smallest absolute Gasteiger partial charge is 0.352 e. The molecule has 0 aliphatic carbocycles. The number of alkyl halides is 3. The average Bonchev–Trinajstić information content (AvgIpc) is 3.14. The molecule has 0 atom stereocenters. The third kappa shape index (κ3) is 5.20. The van der Waals surface area contributed by atoms with Gasteiger partial charge in [0.05, 0.1) is 16.8 Å². The second-order valence-electron chi connectivity index (χ2n) is 6.14. The first-order valence-corrected chi connectivity index (χ1v) is 9.39. The molecule has 9 heteroatoms. The van der Waals surface area contributed by atoms with E-state index >= 15 is 0 Å². The van der Waals surface area contributed by atoms with E-state index < -0.39 is 23.2 Å². The largest absolute Gasteiger partial charge is 0.417 e. The monoisotopic (exact) mass is 419 g/mol. The van der Waals surface area contributed by atoms with E-state index in [1.165, 1.54) is 19.1 Å². The molecule has 0 saturated heterocycles. The molecule has 1 heterocycles. The first kappa shape index (κ1) is 20.5. The fourth-order valence-electron chi connectivity index (χ4n) is 2.58. The zero-order valence-corrected chi connectivity index (χ0v) is 16.0. The number of halogens is 3. The third-order valence-electron chi connectivity index (χ3n) is 3.99. The SMILES string of the molecule is CC(=O)NCc1ccc(-c2csc(NC(=O)c3ccccc3C(F)(F)F)n2)cc1. The highest BCUT2D eigenvalue weighted by Crippen LogP contribution is 2.32. The number of hydrogen-bond donors (Lipinski definition) is 2. The van der Waals surface area contributed by atoms with Crippen molar-refractivity contribution in [1.29, 1.82) is 0 Å². The van der Waals surface area contributed by atoms with Crippen LogP contribution in [0.25, 0.3) is 11.3 Å². The van der Waals surface area contributed by atoms with Gasteiger partial charge in [0.1, 0.15) is 0 Å². The molecule has 29 heavy (non-hydrogen) atoms. The van der Waals surface area contributed by atoms with Crippen molar-refractivity contribution in [2.45, 2.75) is 19.6 Å². The highest BCUT2D eigenvalue weighted by molar-refractivity contribution is 7.14. The van der Waals surface area contributed by atoms with Crippen LogP contribution in [-0.2, 0) is 17.5 Å². The van der Waals surface area contributed by atoms with Crippen molar-refractivity contribution in [3.05, 3.63) is 70.6 Å². The van der Waals surface area contributed by atoms with Crippen LogP contribution in [0.2, 0.25) is 0 Å². The van der Waals surface area contributed by atoms with Gasteiger partial charge in [0.25, 0.3) is 5.91 Å². The molecular weight excluding hydrogens is 403 g/mol. The number of thiazole rings is 1. The Kier molecular flexibility index (Phi) is 5.97. The van der Waals surface area contributed by atoms with E-state index in [1.807, 2.05) is 24.3 Å². The van der Waals surface area contributed by atoms with E-state index in [4.69, 9.17) is 0 Å². The fourth-order valence-corrected chi connectivity index (χ4v) is 3.29. The second-order valence-corrected chi connectivity index (χ2v) is 7.00. The Morgan fingerprint density at radius 3 is 2.41 bits per heavy atom. The van der Waals surface area contributed by atoms with Crippen molar-refractivity contribution in [2.24, 2.45) is 0 Å². The first-order valence-electron chi connectivity index (χ1n) is 8.51. The maximum atomic E-state index is 13.1. The summed E-state index contributed by atoms with van der Waals surface area (Å²) in [6.45, 7) is 1.85. The van der Waals surface area contributed by atoms with Crippen molar-refractivity contribution in [3.63, 3.8) is 0 Å². The summed E-state index contributed by atoms with van der Waals surface area (Å²) in [7, 11) is 0. The Bertz CT molecular complexity index is 1030. The number of carbonyl (C=O) groups is 2. The summed E-state index contributed by atoms with van der Waals surface area (Å²) in [6, 6.07) is 11.9. The van der Waals surface area contributed by atoms with E-state index in [9.17, 15) is 22.8 Å². The molecule has 0 unspecified atom stereocenters. The number of nitrogens with one attached hydrogen (secondary N) is 2. The zero-order chi connectivity index (χ0) is 21.0. The summed E-state index contributed by atoms with van der Waals surface area (Å²) in [4.78, 5) is 27.6. The molecule has 0 bridgehead atoms. The Morgan fingerprint density at radius 2 is 1.76 bits per heavy atom. The summed E-state index contributed by atoms with van der Waals surface area (Å²) in [5.41, 5.74) is 0.823. The molecule has 0 fully saturated rings. The standard InChI is InChI=1S/C20H16F3N3O2S/c1-12(27)24-10-13-6-8-14(9-7-13)17-11-29-19(25-17)26-18(28)15-4-2-3-5-16(15)20(21,22)23/h2-9,11H,10H2,1H3,(H,24,27)(H,25,26,28). The van der Waals surface area contributed by atoms with Gasteiger partial charge < -0.3 is 5.32 Å². The molecule has 1 aromatic heterocycles. The summed E-state index contributed by atoms with van der Waals surface area (Å²) < 4.78 is 39.3. The van der Waals surface area contributed by atoms with E-state index in [1.54, 1.807) is 5.38 Å². The normalized spacial score (nSPS) is 11.2. The summed E-state index contributed by atoms with van der Waals surface area (Å²) in [5.74, 6) is -0.995. The number of anilines is 1. The topological polar surface area (TPSA) is 71.1 Å². The lowest BCUT2D eigenvalue weighted by atomic mass is 10.1. The zero-order valence-electron chi connectivity index (χ0n) is 15.2. The number of rotatable bonds is 5. The van der Waals surface area contributed by atoms with E-state index in [0.717, 1.165) is 34.6 Å². The molecule has 0 saturated carbocycles. The molecule has 2 aromatic carbocycles. The van der Waals surface area contributed by atoms with Crippen LogP contribution in [0.15, 0.2) is 53.9 Å². The highest BCUT2D eigenvalue weighted by atomic mass is 32.1. The predicted octanol–water partition coefficient (Wildman–Crippen LogP) is 4.72. The molecular formula is C20H16F3N3O2S. The molecule has 3 aromatic rings. The van der Waals surface area contributed by atoms with Crippen LogP contribution >= 0.6 is 11.3 Å². The molecule has 0 aliphatic heterocycles. The van der Waals surface area contributed by atoms with Gasteiger partial charge >= 0.3 is 6.18 Å². The maximum Gasteiger partial charge on any atom is 0.417 e. The molecule has 2 N–H and O–H groups in total. The Morgan fingerprint density at radius 1 is 1.07 bits per heavy atom. The Balaban J connectivity index is 1.73. The fraction of sp³-hybridized carbons (Fsp3) is 0.150. The van der Waals surface area contributed by atoms with Crippen LogP contribution in [0, 0.1) is 0 Å². The number of amides is 2. The minimum absolute atomic E-state index is 0.124. The number of carbonyl (C=O) groups excluding carboxylic acids is 2. The van der Waals surface area contributed by atoms with Gasteiger partial charge in [-0.25, -0.2) is 4.98 Å². The van der Waals surface area contributed by atoms with E-state index in [2.05, 4.69) is 15.6 Å².